The third-order valence-electron chi connectivity index (χ3n) is 4.84. The maximum absolute atomic E-state index is 12.3. The molecule has 2 rings (SSSR count). The first-order chi connectivity index (χ1) is 14.2. The fraction of sp³-hybridized carbons (Fsp3) is 0.381. The van der Waals surface area contributed by atoms with Crippen LogP contribution in [0.4, 0.5) is 0 Å². The van der Waals surface area contributed by atoms with Crippen LogP contribution in [0.5, 0.6) is 0 Å². The van der Waals surface area contributed by atoms with Crippen molar-refractivity contribution >= 4 is 29.7 Å². The third-order valence-corrected chi connectivity index (χ3v) is 4.84. The Hall–Kier alpha value is -3.49. The molecule has 3 amide bonds. The molecular formula is C21H24N2O7. The van der Waals surface area contributed by atoms with Gasteiger partial charge in [-0.05, 0) is 24.1 Å². The zero-order chi connectivity index (χ0) is 22.4. The van der Waals surface area contributed by atoms with E-state index in [9.17, 15) is 24.0 Å². The number of amides is 3. The number of hydrogen-bond acceptors (Lipinski definition) is 7. The number of nitrogens with one attached hydrogen (secondary N) is 1. The molecule has 1 heterocycles. The molecule has 9 heteroatoms. The van der Waals surface area contributed by atoms with Crippen molar-refractivity contribution < 1.29 is 33.4 Å². The molecule has 1 aromatic rings. The monoisotopic (exact) mass is 416 g/mol. The van der Waals surface area contributed by atoms with E-state index in [-0.39, 0.29) is 29.2 Å². The predicted octanol–water partition coefficient (Wildman–Crippen LogP) is 1.33. The summed E-state index contributed by atoms with van der Waals surface area (Å²) in [5, 5.41) is 2.49. The van der Waals surface area contributed by atoms with Crippen molar-refractivity contribution in [2.75, 3.05) is 20.3 Å². The van der Waals surface area contributed by atoms with Crippen molar-refractivity contribution in [1.82, 2.24) is 10.2 Å². The number of carbonyl (C=O) groups is 5. The van der Waals surface area contributed by atoms with Gasteiger partial charge in [0.05, 0.1) is 23.8 Å². The lowest BCUT2D eigenvalue weighted by Crippen LogP contribution is -2.47. The number of esters is 2. The van der Waals surface area contributed by atoms with Crippen molar-refractivity contribution in [1.29, 1.82) is 0 Å². The Morgan fingerprint density at radius 3 is 2.47 bits per heavy atom. The lowest BCUT2D eigenvalue weighted by molar-refractivity contribution is -0.147. The van der Waals surface area contributed by atoms with Crippen molar-refractivity contribution in [3.05, 3.63) is 47.5 Å². The van der Waals surface area contributed by atoms with E-state index in [2.05, 4.69) is 16.6 Å². The molecule has 160 valence electrons. The molecule has 0 unspecified atom stereocenters. The summed E-state index contributed by atoms with van der Waals surface area (Å²) in [6, 6.07) is 3.12. The van der Waals surface area contributed by atoms with Crippen LogP contribution in [0.25, 0.3) is 0 Å². The molecular weight excluding hydrogens is 392 g/mol. The molecule has 30 heavy (non-hydrogen) atoms. The number of carbonyl (C=O) groups excluding carboxylic acids is 5. The molecule has 0 saturated carbocycles. The molecule has 1 aliphatic heterocycles. The molecule has 0 spiro atoms. The minimum Gasteiger partial charge on any atom is -0.467 e. The van der Waals surface area contributed by atoms with Gasteiger partial charge in [0, 0.05) is 6.54 Å². The van der Waals surface area contributed by atoms with Gasteiger partial charge in [-0.15, -0.1) is 6.58 Å². The predicted molar refractivity (Wildman–Crippen MR) is 106 cm³/mol. The Morgan fingerprint density at radius 1 is 1.20 bits per heavy atom. The molecule has 0 aromatic heterocycles. The van der Waals surface area contributed by atoms with Crippen LogP contribution in [0, 0.1) is 5.92 Å². The number of fused-ring (bicyclic) bond motifs is 1. The molecule has 0 bridgehead atoms. The fourth-order valence-electron chi connectivity index (χ4n) is 2.94. The number of rotatable bonds is 9. The van der Waals surface area contributed by atoms with Gasteiger partial charge in [-0.1, -0.05) is 26.3 Å². The second-order valence-corrected chi connectivity index (χ2v) is 6.80. The average Bonchev–Trinajstić information content (AvgIpc) is 2.99. The lowest BCUT2D eigenvalue weighted by atomic mass is 9.99. The van der Waals surface area contributed by atoms with E-state index in [1.165, 1.54) is 31.4 Å². The molecule has 0 fully saturated rings. The number of nitrogens with zero attached hydrogens (tertiary/aromatic N) is 1. The lowest BCUT2D eigenvalue weighted by Gasteiger charge is -2.21. The van der Waals surface area contributed by atoms with Crippen molar-refractivity contribution in [3.8, 4) is 0 Å². The van der Waals surface area contributed by atoms with Gasteiger partial charge in [0.1, 0.15) is 6.04 Å². The van der Waals surface area contributed by atoms with Gasteiger partial charge in [-0.25, -0.2) is 9.59 Å². The van der Waals surface area contributed by atoms with Crippen LogP contribution in [0.15, 0.2) is 30.9 Å². The molecule has 0 radical (unpaired) electrons. The van der Waals surface area contributed by atoms with Crippen LogP contribution in [0.3, 0.4) is 0 Å². The number of benzene rings is 1. The summed E-state index contributed by atoms with van der Waals surface area (Å²) in [5.74, 6) is -3.26. The Bertz CT molecular complexity index is 893. The highest BCUT2D eigenvalue weighted by Gasteiger charge is 2.35. The number of methoxy groups -OCH3 is 1. The molecule has 2 atom stereocenters. The fourth-order valence-corrected chi connectivity index (χ4v) is 2.94. The van der Waals surface area contributed by atoms with E-state index in [1.54, 1.807) is 6.92 Å². The first kappa shape index (κ1) is 22.8. The second-order valence-electron chi connectivity index (χ2n) is 6.80. The molecule has 1 N–H and O–H groups in total. The van der Waals surface area contributed by atoms with Crippen molar-refractivity contribution in [2.45, 2.75) is 26.3 Å². The van der Waals surface area contributed by atoms with Gasteiger partial charge in [-0.3, -0.25) is 19.3 Å². The summed E-state index contributed by atoms with van der Waals surface area (Å²) < 4.78 is 9.67. The molecule has 1 aromatic carbocycles. The highest BCUT2D eigenvalue weighted by atomic mass is 16.5. The number of imide groups is 1. The quantitative estimate of drug-likeness (QED) is 0.366. The first-order valence-corrected chi connectivity index (χ1v) is 9.40. The van der Waals surface area contributed by atoms with Gasteiger partial charge in [-0.2, -0.15) is 0 Å². The summed E-state index contributed by atoms with van der Waals surface area (Å²) in [7, 11) is 1.22. The summed E-state index contributed by atoms with van der Waals surface area (Å²) >= 11 is 0. The second kappa shape index (κ2) is 9.82. The van der Waals surface area contributed by atoms with E-state index in [0.717, 1.165) is 4.90 Å². The van der Waals surface area contributed by atoms with Gasteiger partial charge in [0.2, 0.25) is 0 Å². The molecule has 1 aliphatic rings. The summed E-state index contributed by atoms with van der Waals surface area (Å²) in [4.78, 5) is 61.8. The maximum Gasteiger partial charge on any atom is 0.338 e. The Labute approximate surface area is 174 Å². The van der Waals surface area contributed by atoms with Gasteiger partial charge < -0.3 is 14.8 Å². The smallest absolute Gasteiger partial charge is 0.338 e. The van der Waals surface area contributed by atoms with E-state index < -0.39 is 42.3 Å². The summed E-state index contributed by atoms with van der Waals surface area (Å²) in [6.07, 6.45) is 2.06. The van der Waals surface area contributed by atoms with E-state index in [0.29, 0.717) is 6.42 Å². The molecule has 0 aliphatic carbocycles. The van der Waals surface area contributed by atoms with Crippen LogP contribution in [-0.4, -0.2) is 60.9 Å². The van der Waals surface area contributed by atoms with Crippen LogP contribution < -0.4 is 5.32 Å². The standard InChI is InChI=1S/C21H24N2O7/c1-5-9-23-18(25)14-8-7-13(10-15(14)19(23)26)20(27)30-11-16(24)22-17(12(3)6-2)21(28)29-4/h5,7-8,10,12,17H,1,6,9,11H2,2-4H3,(H,22,24)/t12-,17+/m0/s1. The van der Waals surface area contributed by atoms with Gasteiger partial charge >= 0.3 is 11.9 Å². The minimum atomic E-state index is -0.856. The Morgan fingerprint density at radius 2 is 1.87 bits per heavy atom. The van der Waals surface area contributed by atoms with Crippen LogP contribution in [0.1, 0.15) is 51.3 Å². The topological polar surface area (TPSA) is 119 Å². The Kier molecular flexibility index (Phi) is 7.46. The number of ether oxygens (including phenoxy) is 2. The first-order valence-electron chi connectivity index (χ1n) is 9.40. The highest BCUT2D eigenvalue weighted by Crippen LogP contribution is 2.24. The van der Waals surface area contributed by atoms with E-state index >= 15 is 0 Å². The van der Waals surface area contributed by atoms with Crippen LogP contribution in [0.2, 0.25) is 0 Å². The zero-order valence-corrected chi connectivity index (χ0v) is 17.1. The zero-order valence-electron chi connectivity index (χ0n) is 17.1. The highest BCUT2D eigenvalue weighted by molar-refractivity contribution is 6.22. The summed E-state index contributed by atoms with van der Waals surface area (Å²) in [6.45, 7) is 6.60. The van der Waals surface area contributed by atoms with Gasteiger partial charge in [0.25, 0.3) is 17.7 Å². The minimum absolute atomic E-state index is 0.0228. The molecule has 0 saturated heterocycles. The van der Waals surface area contributed by atoms with Crippen molar-refractivity contribution in [2.24, 2.45) is 5.92 Å². The third kappa shape index (κ3) is 4.73. The van der Waals surface area contributed by atoms with Gasteiger partial charge in [0.15, 0.2) is 6.61 Å². The molecule has 9 nitrogen and oxygen atoms in total. The largest absolute Gasteiger partial charge is 0.467 e. The maximum atomic E-state index is 12.3. The van der Waals surface area contributed by atoms with Crippen LogP contribution >= 0.6 is 0 Å². The van der Waals surface area contributed by atoms with Crippen molar-refractivity contribution in [3.63, 3.8) is 0 Å². The van der Waals surface area contributed by atoms with E-state index in [4.69, 9.17) is 4.74 Å². The normalized spacial score (nSPS) is 14.6. The van der Waals surface area contributed by atoms with E-state index in [1.807, 2.05) is 6.92 Å². The average molecular weight is 416 g/mol. The Balaban J connectivity index is 2.03. The number of hydrogen-bond donors (Lipinski definition) is 1. The summed E-state index contributed by atoms with van der Waals surface area (Å²) in [5.41, 5.74) is 0.295. The van der Waals surface area contributed by atoms with Crippen LogP contribution in [-0.2, 0) is 19.1 Å². The SMILES string of the molecule is C=CCN1C(=O)c2ccc(C(=O)OCC(=O)N[C@@H](C(=O)OC)[C@@H](C)CC)cc2C1=O.